The van der Waals surface area contributed by atoms with Gasteiger partial charge in [-0.15, -0.1) is 0 Å². The van der Waals surface area contributed by atoms with Gasteiger partial charge in [0.2, 0.25) is 6.79 Å². The first-order chi connectivity index (χ1) is 7.83. The van der Waals surface area contributed by atoms with Gasteiger partial charge in [0.15, 0.2) is 11.5 Å². The van der Waals surface area contributed by atoms with E-state index in [0.29, 0.717) is 5.88 Å². The zero-order valence-electron chi connectivity index (χ0n) is 8.36. The van der Waals surface area contributed by atoms with Crippen molar-refractivity contribution >= 4 is 23.7 Å². The fourth-order valence-electron chi connectivity index (χ4n) is 1.59. The molecule has 3 rings (SSSR count). The maximum Gasteiger partial charge on any atom is 0.258 e. The number of hydrogen-bond acceptors (Lipinski definition) is 4. The van der Waals surface area contributed by atoms with Crippen molar-refractivity contribution in [3.63, 3.8) is 0 Å². The second-order valence-corrected chi connectivity index (χ2v) is 4.43. The van der Waals surface area contributed by atoms with Crippen LogP contribution in [0.25, 0.3) is 6.08 Å². The maximum absolute atomic E-state index is 11.4. The van der Waals surface area contributed by atoms with Crippen LogP contribution in [0.4, 0.5) is 0 Å². The average molecular weight is 235 g/mol. The molecule has 2 heterocycles. The molecule has 0 atom stereocenters. The van der Waals surface area contributed by atoms with Gasteiger partial charge < -0.3 is 14.8 Å². The van der Waals surface area contributed by atoms with Crippen LogP contribution in [0.1, 0.15) is 5.56 Å². The molecule has 0 spiro atoms. The third-order valence-corrected chi connectivity index (χ3v) is 3.28. The van der Waals surface area contributed by atoms with E-state index in [1.54, 1.807) is 0 Å². The van der Waals surface area contributed by atoms with E-state index < -0.39 is 0 Å². The van der Waals surface area contributed by atoms with E-state index in [2.05, 4.69) is 5.32 Å². The Balaban J connectivity index is 1.93. The van der Waals surface area contributed by atoms with Gasteiger partial charge in [-0.25, -0.2) is 0 Å². The number of rotatable bonds is 1. The highest BCUT2D eigenvalue weighted by molar-refractivity contribution is 8.04. The fourth-order valence-corrected chi connectivity index (χ4v) is 2.37. The molecule has 1 aromatic carbocycles. The third kappa shape index (κ3) is 1.63. The minimum atomic E-state index is -0.0114. The molecule has 1 saturated heterocycles. The fraction of sp³-hybridized carbons (Fsp3) is 0.182. The number of fused-ring (bicyclic) bond motifs is 1. The van der Waals surface area contributed by atoms with E-state index in [1.165, 1.54) is 11.8 Å². The van der Waals surface area contributed by atoms with Gasteiger partial charge in [0.05, 0.1) is 10.8 Å². The molecule has 1 amide bonds. The van der Waals surface area contributed by atoms with Crippen molar-refractivity contribution in [2.75, 3.05) is 12.7 Å². The Morgan fingerprint density at radius 2 is 2.19 bits per heavy atom. The van der Waals surface area contributed by atoms with Crippen molar-refractivity contribution in [1.82, 2.24) is 5.32 Å². The number of hydrogen-bond donors (Lipinski definition) is 1. The van der Waals surface area contributed by atoms with Gasteiger partial charge in [-0.1, -0.05) is 17.8 Å². The Morgan fingerprint density at radius 3 is 3.00 bits per heavy atom. The summed E-state index contributed by atoms with van der Waals surface area (Å²) in [6, 6.07) is 5.64. The highest BCUT2D eigenvalue weighted by atomic mass is 32.2. The molecule has 5 heteroatoms. The first-order valence-corrected chi connectivity index (χ1v) is 5.84. The summed E-state index contributed by atoms with van der Waals surface area (Å²) >= 11 is 1.51. The molecular formula is C11H9NO3S. The summed E-state index contributed by atoms with van der Waals surface area (Å²) in [5.41, 5.74) is 0.948. The van der Waals surface area contributed by atoms with Crippen LogP contribution in [0, 0.1) is 0 Å². The predicted molar refractivity (Wildman–Crippen MR) is 61.1 cm³/mol. The monoisotopic (exact) mass is 235 g/mol. The molecule has 82 valence electrons. The van der Waals surface area contributed by atoms with Gasteiger partial charge >= 0.3 is 0 Å². The van der Waals surface area contributed by atoms with Gasteiger partial charge in [-0.2, -0.15) is 0 Å². The van der Waals surface area contributed by atoms with Crippen LogP contribution in [0.15, 0.2) is 23.1 Å². The van der Waals surface area contributed by atoms with E-state index in [9.17, 15) is 4.79 Å². The van der Waals surface area contributed by atoms with Crippen molar-refractivity contribution < 1.29 is 14.3 Å². The largest absolute Gasteiger partial charge is 0.454 e. The number of ether oxygens (including phenoxy) is 2. The van der Waals surface area contributed by atoms with Crippen molar-refractivity contribution in [1.29, 1.82) is 0 Å². The lowest BCUT2D eigenvalue weighted by molar-refractivity contribution is -0.116. The summed E-state index contributed by atoms with van der Waals surface area (Å²) in [6.45, 7) is 0.268. The molecule has 0 unspecified atom stereocenters. The van der Waals surface area contributed by atoms with Crippen molar-refractivity contribution in [2.24, 2.45) is 0 Å². The second-order valence-electron chi connectivity index (χ2n) is 3.42. The molecule has 1 fully saturated rings. The number of amides is 1. The molecule has 0 aromatic heterocycles. The van der Waals surface area contributed by atoms with Crippen LogP contribution in [0.2, 0.25) is 0 Å². The molecule has 2 aliphatic heterocycles. The number of carbonyl (C=O) groups is 1. The molecule has 1 N–H and O–H groups in total. The number of benzene rings is 1. The van der Waals surface area contributed by atoms with Crippen molar-refractivity contribution in [2.45, 2.75) is 0 Å². The first kappa shape index (κ1) is 9.59. The molecule has 2 aliphatic rings. The zero-order valence-corrected chi connectivity index (χ0v) is 9.17. The van der Waals surface area contributed by atoms with E-state index in [4.69, 9.17) is 9.47 Å². The smallest absolute Gasteiger partial charge is 0.258 e. The zero-order chi connectivity index (χ0) is 11.0. The van der Waals surface area contributed by atoms with Crippen LogP contribution >= 0.6 is 11.8 Å². The standard InChI is InChI=1S/C11H9NO3S/c13-11-10(16-5-12-11)4-7-1-2-8-9(3-7)15-6-14-8/h1-4H,5-6H2,(H,12,13)/b10-4-. The van der Waals surface area contributed by atoms with Gasteiger partial charge in [0.1, 0.15) is 0 Å². The molecule has 0 saturated carbocycles. The Bertz CT molecular complexity index is 484. The summed E-state index contributed by atoms with van der Waals surface area (Å²) in [5, 5.41) is 2.74. The van der Waals surface area contributed by atoms with Crippen molar-refractivity contribution in [3.8, 4) is 11.5 Å². The van der Waals surface area contributed by atoms with Gasteiger partial charge in [0.25, 0.3) is 5.91 Å². The van der Waals surface area contributed by atoms with Crippen LogP contribution in [-0.4, -0.2) is 18.6 Å². The van der Waals surface area contributed by atoms with Crippen LogP contribution < -0.4 is 14.8 Å². The summed E-state index contributed by atoms with van der Waals surface area (Å²) in [6.07, 6.45) is 1.86. The number of nitrogens with one attached hydrogen (secondary N) is 1. The van der Waals surface area contributed by atoms with E-state index in [1.807, 2.05) is 24.3 Å². The van der Waals surface area contributed by atoms with Gasteiger partial charge in [-0.05, 0) is 23.8 Å². The lowest BCUT2D eigenvalue weighted by Crippen LogP contribution is -2.13. The van der Waals surface area contributed by atoms with Crippen molar-refractivity contribution in [3.05, 3.63) is 28.7 Å². The first-order valence-electron chi connectivity index (χ1n) is 4.85. The molecule has 1 aromatic rings. The molecule has 0 radical (unpaired) electrons. The van der Waals surface area contributed by atoms with Crippen LogP contribution in [0.5, 0.6) is 11.5 Å². The van der Waals surface area contributed by atoms with Gasteiger partial charge in [0, 0.05) is 0 Å². The van der Waals surface area contributed by atoms with E-state index in [0.717, 1.165) is 22.0 Å². The highest BCUT2D eigenvalue weighted by Gasteiger charge is 2.18. The second kappa shape index (κ2) is 3.75. The lowest BCUT2D eigenvalue weighted by atomic mass is 10.2. The maximum atomic E-state index is 11.4. The molecular weight excluding hydrogens is 226 g/mol. The highest BCUT2D eigenvalue weighted by Crippen LogP contribution is 2.34. The number of thioether (sulfide) groups is 1. The lowest BCUT2D eigenvalue weighted by Gasteiger charge is -1.98. The Hall–Kier alpha value is -1.62. The summed E-state index contributed by atoms with van der Waals surface area (Å²) < 4.78 is 10.5. The van der Waals surface area contributed by atoms with E-state index >= 15 is 0 Å². The van der Waals surface area contributed by atoms with Crippen LogP contribution in [-0.2, 0) is 4.79 Å². The molecule has 4 nitrogen and oxygen atoms in total. The summed E-state index contributed by atoms with van der Waals surface area (Å²) in [7, 11) is 0. The number of carbonyl (C=O) groups excluding carboxylic acids is 1. The quantitative estimate of drug-likeness (QED) is 0.751. The summed E-state index contributed by atoms with van der Waals surface area (Å²) in [5.74, 6) is 2.13. The Kier molecular flexibility index (Phi) is 2.25. The molecule has 0 aliphatic carbocycles. The van der Waals surface area contributed by atoms with Gasteiger partial charge in [-0.3, -0.25) is 4.79 Å². The Labute approximate surface area is 96.6 Å². The topological polar surface area (TPSA) is 47.6 Å². The Morgan fingerprint density at radius 1 is 1.31 bits per heavy atom. The van der Waals surface area contributed by atoms with Crippen LogP contribution in [0.3, 0.4) is 0 Å². The predicted octanol–water partition coefficient (Wildman–Crippen LogP) is 1.58. The van der Waals surface area contributed by atoms with E-state index in [-0.39, 0.29) is 12.7 Å². The third-order valence-electron chi connectivity index (χ3n) is 2.38. The average Bonchev–Trinajstić information content (AvgIpc) is 2.88. The molecule has 16 heavy (non-hydrogen) atoms. The minimum Gasteiger partial charge on any atom is -0.454 e. The molecule has 0 bridgehead atoms. The minimum absolute atomic E-state index is 0.0114. The summed E-state index contributed by atoms with van der Waals surface area (Å²) in [4.78, 5) is 12.1. The normalized spacial score (nSPS) is 20.2. The SMILES string of the molecule is O=C1NCS/C1=C\c1ccc2c(c1)OCO2.